The minimum absolute atomic E-state index is 0.00543. The molecule has 1 aliphatic heterocycles. The Labute approximate surface area is 207 Å². The molecule has 0 aliphatic carbocycles. The van der Waals surface area contributed by atoms with Gasteiger partial charge in [-0.25, -0.2) is 4.79 Å². The van der Waals surface area contributed by atoms with Crippen molar-refractivity contribution in [1.82, 2.24) is 15.5 Å². The first-order valence-corrected chi connectivity index (χ1v) is 11.3. The van der Waals surface area contributed by atoms with Crippen molar-refractivity contribution in [3.05, 3.63) is 0 Å². The lowest BCUT2D eigenvalue weighted by molar-refractivity contribution is -0.143. The number of guanidine groups is 1. The molecule has 1 heterocycles. The Morgan fingerprint density at radius 1 is 0.972 bits per heavy atom. The highest BCUT2D eigenvalue weighted by Crippen LogP contribution is 2.19. The third-order valence-corrected chi connectivity index (χ3v) is 5.46. The predicted molar refractivity (Wildman–Crippen MR) is 126 cm³/mol. The van der Waals surface area contributed by atoms with Crippen LogP contribution in [0.25, 0.3) is 0 Å². The summed E-state index contributed by atoms with van der Waals surface area (Å²) in [5.41, 5.74) is 26.6. The van der Waals surface area contributed by atoms with Gasteiger partial charge in [-0.2, -0.15) is 0 Å². The zero-order valence-corrected chi connectivity index (χ0v) is 19.9. The molecule has 202 valence electrons. The summed E-state index contributed by atoms with van der Waals surface area (Å²) >= 11 is 0. The summed E-state index contributed by atoms with van der Waals surface area (Å²) in [6.07, 6.45) is 0.265. The van der Waals surface area contributed by atoms with Crippen LogP contribution in [-0.4, -0.2) is 88.7 Å². The van der Waals surface area contributed by atoms with E-state index < -0.39 is 66.1 Å². The highest BCUT2D eigenvalue weighted by atomic mass is 16.4. The van der Waals surface area contributed by atoms with Gasteiger partial charge in [0.25, 0.3) is 0 Å². The quantitative estimate of drug-likeness (QED) is 0.0590. The van der Waals surface area contributed by atoms with Crippen LogP contribution in [0.15, 0.2) is 4.99 Å². The van der Waals surface area contributed by atoms with E-state index >= 15 is 0 Å². The lowest BCUT2D eigenvalue weighted by Crippen LogP contribution is -2.57. The van der Waals surface area contributed by atoms with Crippen molar-refractivity contribution in [2.75, 3.05) is 13.1 Å². The van der Waals surface area contributed by atoms with Gasteiger partial charge in [-0.05, 0) is 32.1 Å². The summed E-state index contributed by atoms with van der Waals surface area (Å²) in [5, 5.41) is 14.1. The summed E-state index contributed by atoms with van der Waals surface area (Å²) in [6, 6.07) is -4.84. The van der Waals surface area contributed by atoms with Gasteiger partial charge in [-0.15, -0.1) is 0 Å². The van der Waals surface area contributed by atoms with Gasteiger partial charge in [-0.3, -0.25) is 29.0 Å². The number of nitrogens with zero attached hydrogens (tertiary/aromatic N) is 2. The van der Waals surface area contributed by atoms with Crippen LogP contribution in [0.4, 0.5) is 0 Å². The first-order valence-electron chi connectivity index (χ1n) is 11.3. The number of nitrogens with two attached hydrogens (primary N) is 5. The Morgan fingerprint density at radius 3 is 2.19 bits per heavy atom. The fourth-order valence-corrected chi connectivity index (χ4v) is 3.65. The number of aliphatic carboxylic acids is 1. The van der Waals surface area contributed by atoms with Gasteiger partial charge in [0.15, 0.2) is 5.96 Å². The molecule has 1 rings (SSSR count). The molecular weight excluding hydrogens is 478 g/mol. The molecule has 1 fully saturated rings. The van der Waals surface area contributed by atoms with Crippen LogP contribution in [0.5, 0.6) is 0 Å². The maximum atomic E-state index is 12.9. The number of hydrogen-bond donors (Lipinski definition) is 8. The van der Waals surface area contributed by atoms with Crippen molar-refractivity contribution in [3.63, 3.8) is 0 Å². The average molecular weight is 514 g/mol. The van der Waals surface area contributed by atoms with Crippen LogP contribution in [-0.2, 0) is 28.8 Å². The van der Waals surface area contributed by atoms with Crippen LogP contribution < -0.4 is 39.3 Å². The Kier molecular flexibility index (Phi) is 12.1. The molecule has 0 aromatic carbocycles. The fourth-order valence-electron chi connectivity index (χ4n) is 3.65. The van der Waals surface area contributed by atoms with Crippen LogP contribution in [0, 0.1) is 0 Å². The second kappa shape index (κ2) is 14.4. The molecule has 5 amide bonds. The lowest BCUT2D eigenvalue weighted by Gasteiger charge is -2.28. The van der Waals surface area contributed by atoms with Crippen LogP contribution in [0.2, 0.25) is 0 Å². The Morgan fingerprint density at radius 2 is 1.64 bits per heavy atom. The Bertz CT molecular complexity index is 876. The van der Waals surface area contributed by atoms with E-state index in [1.54, 1.807) is 0 Å². The molecule has 0 aromatic rings. The van der Waals surface area contributed by atoms with E-state index in [9.17, 15) is 33.9 Å². The summed E-state index contributed by atoms with van der Waals surface area (Å²) < 4.78 is 0. The monoisotopic (exact) mass is 513 g/mol. The van der Waals surface area contributed by atoms with E-state index in [1.165, 1.54) is 4.90 Å². The molecule has 0 radical (unpaired) electrons. The molecule has 1 saturated heterocycles. The zero-order chi connectivity index (χ0) is 27.4. The number of hydrogen-bond acceptors (Lipinski definition) is 8. The maximum absolute atomic E-state index is 12.9. The largest absolute Gasteiger partial charge is 0.480 e. The number of rotatable bonds is 15. The van der Waals surface area contributed by atoms with Crippen LogP contribution >= 0.6 is 0 Å². The smallest absolute Gasteiger partial charge is 0.326 e. The SMILES string of the molecule is NC(=O)CCC(N)C(=O)N1CCCC1C(=O)NC(CC(N)=O)C(=O)NC(CCCN=C(N)N)C(=O)O. The lowest BCUT2D eigenvalue weighted by atomic mass is 10.1. The molecule has 0 bridgehead atoms. The van der Waals surface area contributed by atoms with Crippen molar-refractivity contribution in [2.45, 2.75) is 69.1 Å². The van der Waals surface area contributed by atoms with E-state index in [1.807, 2.05) is 0 Å². The van der Waals surface area contributed by atoms with Crippen LogP contribution in [0.1, 0.15) is 44.9 Å². The van der Waals surface area contributed by atoms with Gasteiger partial charge < -0.3 is 49.3 Å². The van der Waals surface area contributed by atoms with Crippen molar-refractivity contribution in [3.8, 4) is 0 Å². The van der Waals surface area contributed by atoms with Crippen molar-refractivity contribution in [2.24, 2.45) is 33.7 Å². The average Bonchev–Trinajstić information content (AvgIpc) is 3.27. The summed E-state index contributed by atoms with van der Waals surface area (Å²) in [4.78, 5) is 77.4. The minimum atomic E-state index is -1.48. The summed E-state index contributed by atoms with van der Waals surface area (Å²) in [5.74, 6) is -5.27. The standard InChI is InChI=1S/C20H35N9O7/c21-10(5-6-14(22)30)18(34)29-8-2-4-13(29)17(33)28-12(9-15(23)31)16(32)27-11(19(35)36)3-1-7-26-20(24)25/h10-13H,1-9,21H2,(H2,22,30)(H2,23,31)(H,27,32)(H,28,33)(H,35,36)(H4,24,25,26). The van der Waals surface area contributed by atoms with Gasteiger partial charge in [0.1, 0.15) is 18.1 Å². The predicted octanol–water partition coefficient (Wildman–Crippen LogP) is -4.45. The maximum Gasteiger partial charge on any atom is 0.326 e. The number of carboxylic acid groups (broad SMARTS) is 1. The number of aliphatic imine (C=N–C) groups is 1. The Hall–Kier alpha value is -3.95. The molecule has 16 nitrogen and oxygen atoms in total. The van der Waals surface area contributed by atoms with Crippen molar-refractivity contribution in [1.29, 1.82) is 0 Å². The molecule has 0 saturated carbocycles. The zero-order valence-electron chi connectivity index (χ0n) is 19.9. The van der Waals surface area contributed by atoms with Crippen molar-refractivity contribution >= 4 is 41.5 Å². The van der Waals surface area contributed by atoms with Gasteiger partial charge in [0.05, 0.1) is 12.5 Å². The fraction of sp³-hybridized carbons (Fsp3) is 0.650. The topological polar surface area (TPSA) is 292 Å². The molecule has 0 aromatic heterocycles. The molecule has 4 unspecified atom stereocenters. The second-order valence-electron chi connectivity index (χ2n) is 8.38. The van der Waals surface area contributed by atoms with E-state index in [4.69, 9.17) is 28.7 Å². The molecule has 36 heavy (non-hydrogen) atoms. The second-order valence-corrected chi connectivity index (χ2v) is 8.38. The number of nitrogens with one attached hydrogen (secondary N) is 2. The van der Waals surface area contributed by atoms with E-state index in [0.29, 0.717) is 6.42 Å². The summed E-state index contributed by atoms with van der Waals surface area (Å²) in [7, 11) is 0. The molecular formula is C20H35N9O7. The number of carboxylic acids is 1. The number of carbonyl (C=O) groups is 6. The van der Waals surface area contributed by atoms with E-state index in [-0.39, 0.29) is 51.2 Å². The molecule has 16 heteroatoms. The molecule has 13 N–H and O–H groups in total. The van der Waals surface area contributed by atoms with Gasteiger partial charge in [0, 0.05) is 19.5 Å². The first kappa shape index (κ1) is 30.1. The van der Waals surface area contributed by atoms with Crippen LogP contribution in [0.3, 0.4) is 0 Å². The molecule has 4 atom stereocenters. The summed E-state index contributed by atoms with van der Waals surface area (Å²) in [6.45, 7) is 0.362. The number of likely N-dealkylation sites (tertiary alicyclic amines) is 1. The Balaban J connectivity index is 2.87. The number of primary amides is 2. The molecule has 1 aliphatic rings. The third kappa shape index (κ3) is 10.1. The third-order valence-electron chi connectivity index (χ3n) is 5.46. The number of amides is 5. The van der Waals surface area contributed by atoms with Crippen molar-refractivity contribution < 1.29 is 33.9 Å². The van der Waals surface area contributed by atoms with Gasteiger partial charge >= 0.3 is 5.97 Å². The highest BCUT2D eigenvalue weighted by molar-refractivity contribution is 5.96. The highest BCUT2D eigenvalue weighted by Gasteiger charge is 2.38. The van der Waals surface area contributed by atoms with Gasteiger partial charge in [-0.1, -0.05) is 0 Å². The van der Waals surface area contributed by atoms with Gasteiger partial charge in [0.2, 0.25) is 29.5 Å². The van der Waals surface area contributed by atoms with E-state index in [2.05, 4.69) is 15.6 Å². The normalized spacial score (nSPS) is 17.4. The minimum Gasteiger partial charge on any atom is -0.480 e. The molecule has 0 spiro atoms. The number of carbonyl (C=O) groups excluding carboxylic acids is 5. The van der Waals surface area contributed by atoms with E-state index in [0.717, 1.165) is 0 Å². The first-order chi connectivity index (χ1) is 16.8.